The van der Waals surface area contributed by atoms with Crippen molar-refractivity contribution in [2.24, 2.45) is 0 Å². The Morgan fingerprint density at radius 1 is 1.27 bits per heavy atom. The third-order valence-corrected chi connectivity index (χ3v) is 1.11. The highest BCUT2D eigenvalue weighted by atomic mass is 19.2. The number of hydrogen-bond acceptors (Lipinski definition) is 1. The van der Waals surface area contributed by atoms with Gasteiger partial charge in [0.1, 0.15) is 0 Å². The van der Waals surface area contributed by atoms with Crippen molar-refractivity contribution in [3.8, 4) is 0 Å². The van der Waals surface area contributed by atoms with Crippen molar-refractivity contribution < 1.29 is 21.0 Å². The molecule has 0 fully saturated rings. The highest BCUT2D eigenvalue weighted by Crippen LogP contribution is 2.12. The minimum atomic E-state index is -2.88. The Morgan fingerprint density at radius 3 is 2.09 bits per heavy atom. The molecule has 11 heavy (non-hydrogen) atoms. The average molecular weight is 164 g/mol. The molecule has 0 radical (unpaired) electrons. The zero-order chi connectivity index (χ0) is 10.2. The third-order valence-electron chi connectivity index (χ3n) is 1.11. The van der Waals surface area contributed by atoms with E-state index in [-0.39, 0.29) is 0 Å². The van der Waals surface area contributed by atoms with Crippen LogP contribution in [0, 0.1) is 17.5 Å². The van der Waals surface area contributed by atoms with Crippen LogP contribution in [0.2, 0.25) is 0 Å². The van der Waals surface area contributed by atoms with E-state index in [1.165, 1.54) is 0 Å². The zero-order valence-corrected chi connectivity index (χ0v) is 5.24. The SMILES string of the molecule is [2H]C([2H])(O)c1cc(F)c(F)c(F)c1. The quantitative estimate of drug-likeness (QED) is 0.625. The van der Waals surface area contributed by atoms with E-state index in [1.807, 2.05) is 0 Å². The molecule has 1 rings (SSSR count). The van der Waals surface area contributed by atoms with Crippen molar-refractivity contribution in [3.05, 3.63) is 35.1 Å². The van der Waals surface area contributed by atoms with Crippen molar-refractivity contribution in [3.63, 3.8) is 0 Å². The molecule has 0 aliphatic rings. The molecule has 0 heterocycles. The van der Waals surface area contributed by atoms with Crippen LogP contribution < -0.4 is 0 Å². The van der Waals surface area contributed by atoms with Gasteiger partial charge in [-0.05, 0) is 17.7 Å². The van der Waals surface area contributed by atoms with Crippen molar-refractivity contribution in [1.82, 2.24) is 0 Å². The first-order valence-electron chi connectivity index (χ1n) is 3.70. The maximum Gasteiger partial charge on any atom is 0.194 e. The molecular formula is C7H5F3O. The Bertz CT molecular complexity index is 312. The number of benzene rings is 1. The van der Waals surface area contributed by atoms with Gasteiger partial charge in [-0.25, -0.2) is 13.2 Å². The summed E-state index contributed by atoms with van der Waals surface area (Å²) in [5.41, 5.74) is -0.663. The minimum Gasteiger partial charge on any atom is -0.392 e. The monoisotopic (exact) mass is 164 g/mol. The van der Waals surface area contributed by atoms with Gasteiger partial charge in [0.15, 0.2) is 17.5 Å². The summed E-state index contributed by atoms with van der Waals surface area (Å²) >= 11 is 0. The maximum absolute atomic E-state index is 12.5. The van der Waals surface area contributed by atoms with Crippen LogP contribution in [-0.4, -0.2) is 5.11 Å². The lowest BCUT2D eigenvalue weighted by atomic mass is 10.2. The van der Waals surface area contributed by atoms with E-state index < -0.39 is 29.6 Å². The molecule has 0 unspecified atom stereocenters. The molecule has 1 nitrogen and oxygen atoms in total. The van der Waals surface area contributed by atoms with Crippen LogP contribution in [0.3, 0.4) is 0 Å². The second kappa shape index (κ2) is 2.92. The molecule has 0 spiro atoms. The highest BCUT2D eigenvalue weighted by molar-refractivity contribution is 5.18. The minimum absolute atomic E-state index is 0.401. The van der Waals surface area contributed by atoms with Crippen LogP contribution >= 0.6 is 0 Å². The van der Waals surface area contributed by atoms with Gasteiger partial charge in [0, 0.05) is 0 Å². The molecule has 0 aromatic heterocycles. The first kappa shape index (κ1) is 5.60. The molecule has 1 aromatic carbocycles. The van der Waals surface area contributed by atoms with E-state index in [0.717, 1.165) is 0 Å². The second-order valence-electron chi connectivity index (χ2n) is 1.87. The van der Waals surface area contributed by atoms with Crippen LogP contribution in [0.5, 0.6) is 0 Å². The normalized spacial score (nSPS) is 14.2. The smallest absolute Gasteiger partial charge is 0.194 e. The van der Waals surface area contributed by atoms with Gasteiger partial charge in [-0.15, -0.1) is 0 Å². The number of aliphatic hydroxyl groups is 1. The predicted octanol–water partition coefficient (Wildman–Crippen LogP) is 1.60. The van der Waals surface area contributed by atoms with E-state index >= 15 is 0 Å². The lowest BCUT2D eigenvalue weighted by Gasteiger charge is -1.98. The zero-order valence-electron chi connectivity index (χ0n) is 7.24. The Labute approximate surface area is 63.9 Å². The average Bonchev–Trinajstić information content (AvgIpc) is 1.97. The first-order valence-corrected chi connectivity index (χ1v) is 2.70. The molecule has 0 atom stereocenters. The van der Waals surface area contributed by atoms with Gasteiger partial charge in [-0.2, -0.15) is 0 Å². The number of rotatable bonds is 1. The second-order valence-corrected chi connectivity index (χ2v) is 1.87. The molecular weight excluding hydrogens is 157 g/mol. The van der Waals surface area contributed by atoms with E-state index in [0.29, 0.717) is 12.1 Å². The van der Waals surface area contributed by atoms with Gasteiger partial charge in [0.05, 0.1) is 9.30 Å². The molecule has 60 valence electrons. The van der Waals surface area contributed by atoms with Crippen LogP contribution in [0.25, 0.3) is 0 Å². The third kappa shape index (κ3) is 1.51. The van der Waals surface area contributed by atoms with Gasteiger partial charge in [0.25, 0.3) is 0 Å². The fraction of sp³-hybridized carbons (Fsp3) is 0.143. The summed E-state index contributed by atoms with van der Waals surface area (Å²) in [7, 11) is 0. The highest BCUT2D eigenvalue weighted by Gasteiger charge is 2.09. The van der Waals surface area contributed by atoms with Gasteiger partial charge < -0.3 is 5.11 Å². The van der Waals surface area contributed by atoms with Gasteiger partial charge in [-0.1, -0.05) is 0 Å². The maximum atomic E-state index is 12.5. The molecule has 0 bridgehead atoms. The Kier molecular flexibility index (Phi) is 1.49. The number of hydrogen-bond donors (Lipinski definition) is 1. The van der Waals surface area contributed by atoms with Gasteiger partial charge >= 0.3 is 0 Å². The molecule has 0 aliphatic heterocycles. The van der Waals surface area contributed by atoms with Crippen LogP contribution in [0.4, 0.5) is 13.2 Å². The molecule has 0 saturated heterocycles. The van der Waals surface area contributed by atoms with Crippen molar-refractivity contribution in [2.75, 3.05) is 0 Å². The van der Waals surface area contributed by atoms with Crippen molar-refractivity contribution >= 4 is 0 Å². The Balaban J connectivity index is 3.29. The lowest BCUT2D eigenvalue weighted by Crippen LogP contribution is -1.93. The van der Waals surface area contributed by atoms with E-state index in [9.17, 15) is 13.2 Å². The fourth-order valence-electron chi connectivity index (χ4n) is 0.620. The summed E-state index contributed by atoms with van der Waals surface area (Å²) in [4.78, 5) is 0. The van der Waals surface area contributed by atoms with Crippen molar-refractivity contribution in [2.45, 2.75) is 6.56 Å². The van der Waals surface area contributed by atoms with E-state index in [4.69, 9.17) is 7.85 Å². The molecule has 4 heteroatoms. The van der Waals surface area contributed by atoms with Crippen molar-refractivity contribution in [1.29, 1.82) is 0 Å². The van der Waals surface area contributed by atoms with E-state index in [1.54, 1.807) is 0 Å². The number of halogens is 3. The molecule has 1 aromatic rings. The Hall–Kier alpha value is -1.03. The molecule has 0 saturated carbocycles. The largest absolute Gasteiger partial charge is 0.392 e. The summed E-state index contributed by atoms with van der Waals surface area (Å²) in [6, 6.07) is 0.802. The van der Waals surface area contributed by atoms with Gasteiger partial charge in [0.2, 0.25) is 0 Å². The van der Waals surface area contributed by atoms with Gasteiger partial charge in [-0.3, -0.25) is 0 Å². The molecule has 0 aliphatic carbocycles. The van der Waals surface area contributed by atoms with Crippen LogP contribution in [-0.2, 0) is 6.56 Å². The predicted molar refractivity (Wildman–Crippen MR) is 32.2 cm³/mol. The summed E-state index contributed by atoms with van der Waals surface area (Å²) in [5.74, 6) is -4.76. The van der Waals surface area contributed by atoms with Crippen LogP contribution in [0.1, 0.15) is 8.30 Å². The molecule has 1 N–H and O–H groups in total. The summed E-state index contributed by atoms with van der Waals surface area (Å²) in [6.07, 6.45) is 0. The van der Waals surface area contributed by atoms with Crippen LogP contribution in [0.15, 0.2) is 12.1 Å². The summed E-state index contributed by atoms with van der Waals surface area (Å²) in [6.45, 7) is -2.88. The first-order chi connectivity index (χ1) is 5.82. The topological polar surface area (TPSA) is 20.2 Å². The van der Waals surface area contributed by atoms with E-state index in [2.05, 4.69) is 0 Å². The summed E-state index contributed by atoms with van der Waals surface area (Å²) in [5, 5.41) is 8.71. The Morgan fingerprint density at radius 2 is 1.73 bits per heavy atom. The fourth-order valence-corrected chi connectivity index (χ4v) is 0.620. The summed E-state index contributed by atoms with van der Waals surface area (Å²) < 4.78 is 50.7. The lowest BCUT2D eigenvalue weighted by molar-refractivity contribution is 0.279. The molecule has 0 amide bonds. The standard InChI is InChI=1S/C7H5F3O/c8-5-1-4(3-11)2-6(9)7(5)10/h1-2,11H,3H2/i3D2.